The molecule has 0 bridgehead atoms. The summed E-state index contributed by atoms with van der Waals surface area (Å²) in [4.78, 5) is 1.02. The number of benzene rings is 1. The minimum Gasteiger partial charge on any atom is -0.389 e. The number of hydrogen-bond donors (Lipinski definition) is 2. The van der Waals surface area contributed by atoms with E-state index < -0.39 is 29.2 Å². The van der Waals surface area contributed by atoms with E-state index in [-0.39, 0.29) is 13.2 Å². The number of ether oxygens (including phenoxy) is 1. The van der Waals surface area contributed by atoms with Gasteiger partial charge in [0.2, 0.25) is 0 Å². The van der Waals surface area contributed by atoms with Crippen molar-refractivity contribution in [2.24, 2.45) is 0 Å². The fraction of sp³-hybridized carbons (Fsp3) is 0.286. The number of anilines is 1. The maximum atomic E-state index is 13.3. The molecular formula is C14H14F3NO2S. The van der Waals surface area contributed by atoms with Gasteiger partial charge in [0.05, 0.1) is 19.3 Å². The van der Waals surface area contributed by atoms with Crippen molar-refractivity contribution < 1.29 is 23.0 Å². The van der Waals surface area contributed by atoms with Crippen molar-refractivity contribution in [3.63, 3.8) is 0 Å². The predicted molar refractivity (Wildman–Crippen MR) is 74.8 cm³/mol. The SMILES string of the molecule is OC(CNc1c(F)cc(F)cc1F)COCc1cccs1. The first-order chi connectivity index (χ1) is 10.1. The molecule has 1 aromatic carbocycles. The smallest absolute Gasteiger partial charge is 0.152 e. The summed E-state index contributed by atoms with van der Waals surface area (Å²) in [6.07, 6.45) is -0.936. The molecule has 0 aliphatic heterocycles. The van der Waals surface area contributed by atoms with E-state index in [1.165, 1.54) is 11.3 Å². The highest BCUT2D eigenvalue weighted by Gasteiger charge is 2.13. The molecule has 0 fully saturated rings. The average Bonchev–Trinajstić information content (AvgIpc) is 2.90. The molecule has 114 valence electrons. The molecule has 7 heteroatoms. The van der Waals surface area contributed by atoms with Crippen LogP contribution in [-0.4, -0.2) is 24.4 Å². The van der Waals surface area contributed by atoms with Crippen LogP contribution in [0.2, 0.25) is 0 Å². The topological polar surface area (TPSA) is 41.5 Å². The Bertz CT molecular complexity index is 555. The molecule has 2 rings (SSSR count). The Morgan fingerprint density at radius 1 is 1.24 bits per heavy atom. The number of hydrogen-bond acceptors (Lipinski definition) is 4. The summed E-state index contributed by atoms with van der Waals surface area (Å²) in [6.45, 7) is 0.285. The van der Waals surface area contributed by atoms with Crippen LogP contribution in [0.5, 0.6) is 0 Å². The van der Waals surface area contributed by atoms with Gasteiger partial charge >= 0.3 is 0 Å². The summed E-state index contributed by atoms with van der Waals surface area (Å²) < 4.78 is 44.7. The lowest BCUT2D eigenvalue weighted by Gasteiger charge is -2.14. The Balaban J connectivity index is 1.77. The Kier molecular flexibility index (Phi) is 5.60. The molecule has 0 saturated heterocycles. The molecule has 2 N–H and O–H groups in total. The highest BCUT2D eigenvalue weighted by atomic mass is 32.1. The first-order valence-electron chi connectivity index (χ1n) is 6.23. The third-order valence-corrected chi connectivity index (χ3v) is 3.51. The van der Waals surface area contributed by atoms with E-state index in [0.29, 0.717) is 18.7 Å². The van der Waals surface area contributed by atoms with Crippen LogP contribution in [0.4, 0.5) is 18.9 Å². The van der Waals surface area contributed by atoms with Crippen LogP contribution in [-0.2, 0) is 11.3 Å². The number of nitrogens with one attached hydrogen (secondary N) is 1. The first kappa shape index (κ1) is 15.8. The zero-order valence-electron chi connectivity index (χ0n) is 11.0. The van der Waals surface area contributed by atoms with E-state index in [0.717, 1.165) is 4.88 Å². The summed E-state index contributed by atoms with van der Waals surface area (Å²) in [7, 11) is 0. The van der Waals surface area contributed by atoms with Gasteiger partial charge in [-0.15, -0.1) is 11.3 Å². The molecule has 0 saturated carbocycles. The molecule has 0 spiro atoms. The first-order valence-corrected chi connectivity index (χ1v) is 7.11. The highest BCUT2D eigenvalue weighted by molar-refractivity contribution is 7.09. The molecule has 0 aliphatic rings. The van der Waals surface area contributed by atoms with Gasteiger partial charge in [0.15, 0.2) is 11.6 Å². The Morgan fingerprint density at radius 2 is 1.95 bits per heavy atom. The van der Waals surface area contributed by atoms with Crippen LogP contribution in [0.3, 0.4) is 0 Å². The molecule has 0 amide bonds. The van der Waals surface area contributed by atoms with Gasteiger partial charge in [0.1, 0.15) is 11.5 Å². The van der Waals surface area contributed by atoms with Crippen LogP contribution >= 0.6 is 11.3 Å². The molecular weight excluding hydrogens is 303 g/mol. The normalized spacial score (nSPS) is 12.4. The van der Waals surface area contributed by atoms with Gasteiger partial charge in [-0.1, -0.05) is 6.07 Å². The fourth-order valence-electron chi connectivity index (χ4n) is 1.68. The molecule has 2 aromatic rings. The third-order valence-electron chi connectivity index (χ3n) is 2.66. The maximum absolute atomic E-state index is 13.3. The van der Waals surface area contributed by atoms with Crippen LogP contribution in [0.15, 0.2) is 29.6 Å². The molecule has 21 heavy (non-hydrogen) atoms. The Hall–Kier alpha value is -1.57. The minimum absolute atomic E-state index is 0.0231. The zero-order valence-corrected chi connectivity index (χ0v) is 11.8. The van der Waals surface area contributed by atoms with Crippen LogP contribution < -0.4 is 5.32 Å². The summed E-state index contributed by atoms with van der Waals surface area (Å²) in [5, 5.41) is 14.0. The van der Waals surface area contributed by atoms with Crippen molar-refractivity contribution in [2.45, 2.75) is 12.7 Å². The molecule has 1 atom stereocenters. The molecule has 1 heterocycles. The quantitative estimate of drug-likeness (QED) is 0.824. The number of halogens is 3. The van der Waals surface area contributed by atoms with Crippen molar-refractivity contribution in [2.75, 3.05) is 18.5 Å². The minimum atomic E-state index is -1.04. The molecule has 1 aromatic heterocycles. The van der Waals surface area contributed by atoms with Crippen LogP contribution in [0, 0.1) is 17.5 Å². The second kappa shape index (κ2) is 7.44. The van der Waals surface area contributed by atoms with Gasteiger partial charge in [-0.2, -0.15) is 0 Å². The van der Waals surface area contributed by atoms with Gasteiger partial charge in [0, 0.05) is 23.6 Å². The van der Waals surface area contributed by atoms with Crippen molar-refractivity contribution in [1.29, 1.82) is 0 Å². The lowest BCUT2D eigenvalue weighted by atomic mass is 10.2. The number of thiophene rings is 1. The summed E-state index contributed by atoms with van der Waals surface area (Å²) in [6, 6.07) is 4.94. The van der Waals surface area contributed by atoms with E-state index in [1.807, 2.05) is 17.5 Å². The number of aliphatic hydroxyl groups excluding tert-OH is 1. The summed E-state index contributed by atoms with van der Waals surface area (Å²) >= 11 is 1.53. The monoisotopic (exact) mass is 317 g/mol. The third kappa shape index (κ3) is 4.73. The van der Waals surface area contributed by atoms with Crippen LogP contribution in [0.1, 0.15) is 4.88 Å². The summed E-state index contributed by atoms with van der Waals surface area (Å²) in [5.74, 6) is -3.08. The van der Waals surface area contributed by atoms with Crippen molar-refractivity contribution in [3.8, 4) is 0 Å². The van der Waals surface area contributed by atoms with Gasteiger partial charge in [-0.25, -0.2) is 13.2 Å². The maximum Gasteiger partial charge on any atom is 0.152 e. The van der Waals surface area contributed by atoms with Gasteiger partial charge in [0.25, 0.3) is 0 Å². The Labute approximate surface area is 124 Å². The average molecular weight is 317 g/mol. The van der Waals surface area contributed by atoms with E-state index in [4.69, 9.17) is 4.74 Å². The van der Waals surface area contributed by atoms with Gasteiger partial charge < -0.3 is 15.2 Å². The lowest BCUT2D eigenvalue weighted by Crippen LogP contribution is -2.25. The Morgan fingerprint density at radius 3 is 2.57 bits per heavy atom. The van der Waals surface area contributed by atoms with Crippen molar-refractivity contribution >= 4 is 17.0 Å². The molecule has 0 aliphatic carbocycles. The highest BCUT2D eigenvalue weighted by Crippen LogP contribution is 2.20. The lowest BCUT2D eigenvalue weighted by molar-refractivity contribution is 0.0358. The fourth-order valence-corrected chi connectivity index (χ4v) is 2.32. The summed E-state index contributed by atoms with van der Waals surface area (Å²) in [5.41, 5.74) is -0.464. The van der Waals surface area contributed by atoms with E-state index in [1.54, 1.807) is 0 Å². The largest absolute Gasteiger partial charge is 0.389 e. The number of rotatable bonds is 7. The second-order valence-corrected chi connectivity index (χ2v) is 5.41. The van der Waals surface area contributed by atoms with Gasteiger partial charge in [-0.05, 0) is 11.4 Å². The molecule has 1 unspecified atom stereocenters. The number of aliphatic hydroxyl groups is 1. The van der Waals surface area contributed by atoms with Crippen molar-refractivity contribution in [3.05, 3.63) is 52.0 Å². The van der Waals surface area contributed by atoms with E-state index >= 15 is 0 Å². The van der Waals surface area contributed by atoms with E-state index in [9.17, 15) is 18.3 Å². The van der Waals surface area contributed by atoms with Crippen LogP contribution in [0.25, 0.3) is 0 Å². The van der Waals surface area contributed by atoms with E-state index in [2.05, 4.69) is 5.32 Å². The molecule has 3 nitrogen and oxygen atoms in total. The van der Waals surface area contributed by atoms with Crippen molar-refractivity contribution in [1.82, 2.24) is 0 Å². The molecule has 0 radical (unpaired) electrons. The predicted octanol–water partition coefficient (Wildman–Crippen LogP) is 3.16. The van der Waals surface area contributed by atoms with Gasteiger partial charge in [-0.3, -0.25) is 0 Å². The zero-order chi connectivity index (χ0) is 15.2. The standard InChI is InChI=1S/C14H14F3NO2S/c15-9-4-12(16)14(13(17)5-9)18-6-10(19)7-20-8-11-2-1-3-21-11/h1-5,10,18-19H,6-8H2. The second-order valence-electron chi connectivity index (χ2n) is 4.37.